The lowest BCUT2D eigenvalue weighted by Gasteiger charge is -2.38. The van der Waals surface area contributed by atoms with Crippen LogP contribution in [0.4, 0.5) is 20.8 Å². The quantitative estimate of drug-likeness (QED) is 0.455. The first-order valence-electron chi connectivity index (χ1n) is 13.2. The summed E-state index contributed by atoms with van der Waals surface area (Å²) in [6.07, 6.45) is 3.86. The molecule has 7 rings (SSSR count). The van der Waals surface area contributed by atoms with Crippen LogP contribution in [0, 0.1) is 11.7 Å². The fourth-order valence-corrected chi connectivity index (χ4v) is 6.20. The van der Waals surface area contributed by atoms with E-state index in [-0.39, 0.29) is 36.1 Å². The molecule has 2 saturated heterocycles. The van der Waals surface area contributed by atoms with Gasteiger partial charge in [-0.1, -0.05) is 0 Å². The number of likely N-dealkylation sites (tertiary alicyclic amines) is 1. The van der Waals surface area contributed by atoms with Crippen molar-refractivity contribution in [2.75, 3.05) is 43.0 Å². The van der Waals surface area contributed by atoms with Gasteiger partial charge >= 0.3 is 6.09 Å². The number of halogens is 1. The zero-order valence-corrected chi connectivity index (χ0v) is 21.5. The molecule has 1 spiro atoms. The molecule has 3 aliphatic heterocycles. The number of piperidine rings is 1. The minimum atomic E-state index is -0.599. The van der Waals surface area contributed by atoms with E-state index in [1.165, 1.54) is 11.1 Å². The lowest BCUT2D eigenvalue weighted by molar-refractivity contribution is -0.118. The maximum Gasteiger partial charge on any atom is 0.416 e. The average Bonchev–Trinajstić information content (AvgIpc) is 3.61. The molecule has 4 N–H and O–H groups in total. The Kier molecular flexibility index (Phi) is 5.49. The van der Waals surface area contributed by atoms with Gasteiger partial charge in [0, 0.05) is 32.5 Å². The Balaban J connectivity index is 0.986. The molecule has 0 saturated carbocycles. The third kappa shape index (κ3) is 4.16. The number of ether oxygens (including phenoxy) is 2. The Morgan fingerprint density at radius 3 is 2.87 bits per heavy atom. The number of aromatic nitrogens is 4. The fraction of sp³-hybridized carbons (Fsp3) is 0.500. The number of nitrogens with zero attached hydrogens (tertiary/aromatic N) is 5. The van der Waals surface area contributed by atoms with Crippen LogP contribution in [0.2, 0.25) is 0 Å². The first kappa shape index (κ1) is 24.2. The predicted octanol–water partition coefficient (Wildman–Crippen LogP) is 2.05. The smallest absolute Gasteiger partial charge is 0.416 e. The maximum atomic E-state index is 15.3. The SMILES string of the molecule is C[C@@H](N)c1nc2cc3c(c(F)c2[nH]1)CC(CN1CCC2(CC1)CN(c1cnc4c(n1)NC(=O)CO4)C(=O)O2)C3. The van der Waals surface area contributed by atoms with Crippen molar-refractivity contribution in [2.45, 2.75) is 44.2 Å². The van der Waals surface area contributed by atoms with Gasteiger partial charge in [0.15, 0.2) is 24.1 Å². The van der Waals surface area contributed by atoms with E-state index in [0.29, 0.717) is 54.4 Å². The highest BCUT2D eigenvalue weighted by Gasteiger charge is 2.48. The number of hydrogen-bond donors (Lipinski definition) is 3. The van der Waals surface area contributed by atoms with Gasteiger partial charge in [0.05, 0.1) is 24.3 Å². The van der Waals surface area contributed by atoms with Gasteiger partial charge in [-0.05, 0) is 42.9 Å². The zero-order chi connectivity index (χ0) is 26.9. The van der Waals surface area contributed by atoms with Gasteiger partial charge in [0.25, 0.3) is 11.8 Å². The predicted molar refractivity (Wildman–Crippen MR) is 138 cm³/mol. The fourth-order valence-electron chi connectivity index (χ4n) is 6.20. The van der Waals surface area contributed by atoms with Gasteiger partial charge in [0.1, 0.15) is 16.9 Å². The Morgan fingerprint density at radius 1 is 1.26 bits per heavy atom. The Morgan fingerprint density at radius 2 is 2.08 bits per heavy atom. The molecule has 39 heavy (non-hydrogen) atoms. The van der Waals surface area contributed by atoms with Crippen molar-refractivity contribution in [3.8, 4) is 5.88 Å². The van der Waals surface area contributed by atoms with E-state index in [1.54, 1.807) is 0 Å². The molecule has 5 heterocycles. The highest BCUT2D eigenvalue weighted by Crippen LogP contribution is 2.38. The van der Waals surface area contributed by atoms with Crippen molar-refractivity contribution in [1.29, 1.82) is 0 Å². The van der Waals surface area contributed by atoms with E-state index in [1.807, 2.05) is 13.0 Å². The van der Waals surface area contributed by atoms with E-state index < -0.39 is 11.7 Å². The van der Waals surface area contributed by atoms with Crippen molar-refractivity contribution in [1.82, 2.24) is 24.8 Å². The highest BCUT2D eigenvalue weighted by atomic mass is 19.1. The number of imidazole rings is 1. The molecule has 13 heteroatoms. The second kappa shape index (κ2) is 8.85. The molecule has 1 aliphatic carbocycles. The molecule has 0 bridgehead atoms. The molecule has 3 aromatic rings. The zero-order valence-electron chi connectivity index (χ0n) is 21.5. The molecule has 2 atom stereocenters. The van der Waals surface area contributed by atoms with Crippen molar-refractivity contribution in [2.24, 2.45) is 11.7 Å². The second-order valence-corrected chi connectivity index (χ2v) is 11.1. The number of benzene rings is 1. The summed E-state index contributed by atoms with van der Waals surface area (Å²) in [4.78, 5) is 44.4. The van der Waals surface area contributed by atoms with Gasteiger partial charge < -0.3 is 30.4 Å². The molecule has 204 valence electrons. The highest BCUT2D eigenvalue weighted by molar-refractivity contribution is 5.94. The van der Waals surface area contributed by atoms with Crippen LogP contribution in [-0.2, 0) is 22.4 Å². The standard InChI is InChI=1S/C26H29FN8O4/c1-13(28)22-30-17-8-15-6-14(7-16(15)20(27)21(17)33-22)10-34-4-2-26(3-5-34)12-35(25(37)39-26)18-9-29-24-23(31-18)32-19(36)11-38-24/h8-9,13-14H,2-7,10-12,28H2,1H3,(H,30,33)(H,31,32,36)/t13-,14?/m1/s1. The number of anilines is 2. The van der Waals surface area contributed by atoms with Gasteiger partial charge in [0.2, 0.25) is 0 Å². The van der Waals surface area contributed by atoms with Crippen LogP contribution in [0.5, 0.6) is 5.88 Å². The normalized spacial score (nSPS) is 22.9. The van der Waals surface area contributed by atoms with Crippen LogP contribution in [-0.4, -0.2) is 75.2 Å². The van der Waals surface area contributed by atoms with Crippen LogP contribution in [0.15, 0.2) is 12.3 Å². The molecular weight excluding hydrogens is 507 g/mol. The Bertz CT molecular complexity index is 1500. The van der Waals surface area contributed by atoms with Crippen LogP contribution < -0.4 is 20.7 Å². The van der Waals surface area contributed by atoms with E-state index in [9.17, 15) is 9.59 Å². The molecule has 2 amide bonds. The topological polar surface area (TPSA) is 152 Å². The van der Waals surface area contributed by atoms with Crippen LogP contribution in [0.3, 0.4) is 0 Å². The summed E-state index contributed by atoms with van der Waals surface area (Å²) in [5.74, 6) is 1.12. The molecule has 4 aliphatic rings. The number of rotatable bonds is 4. The van der Waals surface area contributed by atoms with Crippen molar-refractivity contribution < 1.29 is 23.5 Å². The summed E-state index contributed by atoms with van der Waals surface area (Å²) in [7, 11) is 0. The summed E-state index contributed by atoms with van der Waals surface area (Å²) >= 11 is 0. The summed E-state index contributed by atoms with van der Waals surface area (Å²) in [6.45, 7) is 4.48. The average molecular weight is 537 g/mol. The maximum absolute atomic E-state index is 15.3. The number of aromatic amines is 1. The third-order valence-electron chi connectivity index (χ3n) is 8.22. The minimum Gasteiger partial charge on any atom is -0.465 e. The van der Waals surface area contributed by atoms with Gasteiger partial charge in [-0.3, -0.25) is 9.69 Å². The number of amides is 2. The number of fused-ring (bicyclic) bond motifs is 3. The molecule has 2 fully saturated rings. The summed E-state index contributed by atoms with van der Waals surface area (Å²) in [5.41, 5.74) is 8.18. The van der Waals surface area contributed by atoms with Crippen molar-refractivity contribution in [3.63, 3.8) is 0 Å². The summed E-state index contributed by atoms with van der Waals surface area (Å²) < 4.78 is 26.4. The number of carbonyl (C=O) groups excluding carboxylic acids is 2. The summed E-state index contributed by atoms with van der Waals surface area (Å²) in [6, 6.07) is 1.71. The minimum absolute atomic E-state index is 0.114. The molecule has 0 radical (unpaired) electrons. The van der Waals surface area contributed by atoms with E-state index in [2.05, 4.69) is 30.2 Å². The van der Waals surface area contributed by atoms with Crippen LogP contribution in [0.25, 0.3) is 11.0 Å². The Hall–Kier alpha value is -3.84. The summed E-state index contributed by atoms with van der Waals surface area (Å²) in [5, 5.41) is 2.62. The van der Waals surface area contributed by atoms with Gasteiger partial charge in [-0.25, -0.2) is 24.1 Å². The Labute approximate surface area is 223 Å². The lowest BCUT2D eigenvalue weighted by Crippen LogP contribution is -2.48. The van der Waals surface area contributed by atoms with Crippen LogP contribution in [0.1, 0.15) is 42.8 Å². The van der Waals surface area contributed by atoms with Crippen molar-refractivity contribution in [3.05, 3.63) is 35.0 Å². The van der Waals surface area contributed by atoms with Crippen molar-refractivity contribution >= 4 is 34.7 Å². The number of hydrogen-bond acceptors (Lipinski definition) is 9. The van der Waals surface area contributed by atoms with Gasteiger partial charge in [-0.15, -0.1) is 0 Å². The number of carbonyl (C=O) groups is 2. The van der Waals surface area contributed by atoms with E-state index in [4.69, 9.17) is 15.2 Å². The lowest BCUT2D eigenvalue weighted by atomic mass is 9.90. The molecule has 12 nitrogen and oxygen atoms in total. The molecular formula is C26H29FN8O4. The molecule has 1 unspecified atom stereocenters. The number of H-pyrrole nitrogens is 1. The molecule has 1 aromatic carbocycles. The largest absolute Gasteiger partial charge is 0.465 e. The van der Waals surface area contributed by atoms with Crippen LogP contribution >= 0.6 is 0 Å². The van der Waals surface area contributed by atoms with Gasteiger partial charge in [-0.2, -0.15) is 0 Å². The third-order valence-corrected chi connectivity index (χ3v) is 8.22. The molecule has 2 aromatic heterocycles. The van der Waals surface area contributed by atoms with E-state index >= 15 is 4.39 Å². The number of nitrogens with two attached hydrogens (primary N) is 1. The number of nitrogens with one attached hydrogen (secondary N) is 2. The first-order chi connectivity index (χ1) is 18.8. The van der Waals surface area contributed by atoms with E-state index in [0.717, 1.165) is 37.2 Å². The first-order valence-corrected chi connectivity index (χ1v) is 13.2. The monoisotopic (exact) mass is 536 g/mol. The second-order valence-electron chi connectivity index (χ2n) is 11.1.